The summed E-state index contributed by atoms with van der Waals surface area (Å²) in [5.41, 5.74) is 8.85. The highest BCUT2D eigenvalue weighted by Gasteiger charge is 2.20. The van der Waals surface area contributed by atoms with Crippen molar-refractivity contribution in [2.24, 2.45) is 0 Å². The van der Waals surface area contributed by atoms with Crippen LogP contribution >= 0.6 is 0 Å². The number of hydrogen-bond acceptors (Lipinski definition) is 4. The van der Waals surface area contributed by atoms with Crippen LogP contribution in [0, 0.1) is 12.4 Å². The highest BCUT2D eigenvalue weighted by molar-refractivity contribution is 5.69. The monoisotopic (exact) mass is 442 g/mol. The Kier molecular flexibility index (Phi) is 6.27. The molecule has 2 N–H and O–H groups in total. The molecule has 0 unspecified atom stereocenters. The molecule has 0 radical (unpaired) electrons. The minimum atomic E-state index is -0.456. The number of hydrogen-bond donors (Lipinski definition) is 1. The van der Waals surface area contributed by atoms with Crippen molar-refractivity contribution < 1.29 is 13.9 Å². The Bertz CT molecular complexity index is 1290. The summed E-state index contributed by atoms with van der Waals surface area (Å²) in [6, 6.07) is 20.9. The van der Waals surface area contributed by atoms with Gasteiger partial charge in [0.1, 0.15) is 35.4 Å². The zero-order valence-electron chi connectivity index (χ0n) is 18.3. The minimum absolute atomic E-state index is 0.0978. The van der Waals surface area contributed by atoms with Gasteiger partial charge in [0, 0.05) is 24.1 Å². The van der Waals surface area contributed by atoms with Crippen LogP contribution < -0.4 is 15.2 Å². The Morgan fingerprint density at radius 1 is 1.00 bits per heavy atom. The molecule has 6 nitrogen and oxygen atoms in total. The van der Waals surface area contributed by atoms with Gasteiger partial charge in [-0.25, -0.2) is 4.39 Å². The average molecular weight is 442 g/mol. The first kappa shape index (κ1) is 21.9. The van der Waals surface area contributed by atoms with Gasteiger partial charge >= 0.3 is 0 Å². The highest BCUT2D eigenvalue weighted by Crippen LogP contribution is 2.34. The van der Waals surface area contributed by atoms with E-state index in [-0.39, 0.29) is 11.7 Å². The lowest BCUT2D eigenvalue weighted by molar-refractivity contribution is 0.303. The van der Waals surface area contributed by atoms with Gasteiger partial charge in [0.25, 0.3) is 5.82 Å². The summed E-state index contributed by atoms with van der Waals surface area (Å²) in [5.74, 6) is 1.12. The topological polar surface area (TPSA) is 66.7 Å². The second kappa shape index (κ2) is 9.45. The molecule has 1 heterocycles. The Morgan fingerprint density at radius 2 is 1.70 bits per heavy atom. The number of ether oxygens (including phenoxy) is 2. The molecule has 4 rings (SSSR count). The molecule has 3 aromatic carbocycles. The third-order valence-corrected chi connectivity index (χ3v) is 4.99. The molecule has 0 saturated heterocycles. The van der Waals surface area contributed by atoms with Crippen molar-refractivity contribution >= 4 is 11.5 Å². The van der Waals surface area contributed by atoms with E-state index in [1.165, 1.54) is 16.8 Å². The van der Waals surface area contributed by atoms with Gasteiger partial charge in [-0.15, -0.1) is 0 Å². The minimum Gasteiger partial charge on any atom is -0.489 e. The Morgan fingerprint density at radius 3 is 2.36 bits per heavy atom. The standard InChI is InChI=1S/C26H23FN4O2/c1-17(2)25-24(28)26(29-3)31(30-25)20-9-11-21(12-10-20)33-23-14-19(27)13-22(15-23)32-16-18-7-5-4-6-8-18/h4-15,17H,16,28H2,1-2H3. The zero-order chi connectivity index (χ0) is 23.4. The van der Waals surface area contributed by atoms with Gasteiger partial charge in [-0.05, 0) is 29.8 Å². The van der Waals surface area contributed by atoms with E-state index >= 15 is 0 Å². The molecule has 0 aliphatic heterocycles. The van der Waals surface area contributed by atoms with Crippen LogP contribution in [0.3, 0.4) is 0 Å². The number of nitrogen functional groups attached to an aromatic ring is 1. The smallest absolute Gasteiger partial charge is 0.280 e. The van der Waals surface area contributed by atoms with Crippen molar-refractivity contribution in [2.45, 2.75) is 26.4 Å². The molecule has 0 aliphatic rings. The second-order valence-electron chi connectivity index (χ2n) is 7.79. The lowest BCUT2D eigenvalue weighted by atomic mass is 10.1. The maximum atomic E-state index is 14.1. The number of benzene rings is 3. The molecular weight excluding hydrogens is 419 g/mol. The van der Waals surface area contributed by atoms with Gasteiger partial charge in [-0.3, -0.25) is 0 Å². The fourth-order valence-electron chi connectivity index (χ4n) is 3.36. The first-order valence-electron chi connectivity index (χ1n) is 10.5. The van der Waals surface area contributed by atoms with Gasteiger partial charge in [-0.2, -0.15) is 4.68 Å². The highest BCUT2D eigenvalue weighted by atomic mass is 19.1. The number of rotatable bonds is 7. The summed E-state index contributed by atoms with van der Waals surface area (Å²) in [6.07, 6.45) is 0. The second-order valence-corrected chi connectivity index (χ2v) is 7.79. The molecule has 33 heavy (non-hydrogen) atoms. The van der Waals surface area contributed by atoms with Crippen LogP contribution in [-0.4, -0.2) is 9.78 Å². The molecule has 4 aromatic rings. The summed E-state index contributed by atoms with van der Waals surface area (Å²) in [4.78, 5) is 3.54. The predicted molar refractivity (Wildman–Crippen MR) is 126 cm³/mol. The van der Waals surface area contributed by atoms with Crippen LogP contribution in [0.2, 0.25) is 0 Å². The fourth-order valence-corrected chi connectivity index (χ4v) is 3.36. The molecule has 0 aliphatic carbocycles. The SMILES string of the molecule is [C-]#[N+]c1c(N)c(C(C)C)nn1-c1ccc(Oc2cc(F)cc(OCc3ccccc3)c2)cc1. The van der Waals surface area contributed by atoms with Crippen LogP contribution in [0.4, 0.5) is 15.9 Å². The molecule has 0 saturated carbocycles. The molecule has 0 spiro atoms. The third kappa shape index (κ3) is 4.96. The maximum Gasteiger partial charge on any atom is 0.280 e. The summed E-state index contributed by atoms with van der Waals surface area (Å²) in [6.45, 7) is 11.7. The quantitative estimate of drug-likeness (QED) is 0.326. The number of anilines is 1. The van der Waals surface area contributed by atoms with E-state index in [2.05, 4.69) is 9.94 Å². The summed E-state index contributed by atoms with van der Waals surface area (Å²) < 4.78 is 27.2. The van der Waals surface area contributed by atoms with Crippen molar-refractivity contribution in [1.82, 2.24) is 9.78 Å². The van der Waals surface area contributed by atoms with Crippen LogP contribution in [-0.2, 0) is 6.61 Å². The Labute approximate surface area is 191 Å². The number of nitrogens with zero attached hydrogens (tertiary/aromatic N) is 3. The van der Waals surface area contributed by atoms with Crippen LogP contribution in [0.5, 0.6) is 17.2 Å². The molecule has 166 valence electrons. The van der Waals surface area contributed by atoms with E-state index in [0.29, 0.717) is 40.9 Å². The Hall–Kier alpha value is -4.31. The van der Waals surface area contributed by atoms with Gasteiger partial charge < -0.3 is 20.1 Å². The average Bonchev–Trinajstić information content (AvgIpc) is 3.15. The van der Waals surface area contributed by atoms with Gasteiger partial charge in [0.2, 0.25) is 0 Å². The van der Waals surface area contributed by atoms with E-state index in [1.54, 1.807) is 30.3 Å². The molecule has 0 fully saturated rings. The largest absolute Gasteiger partial charge is 0.489 e. The van der Waals surface area contributed by atoms with Gasteiger partial charge in [0.05, 0.1) is 11.4 Å². The van der Waals surface area contributed by atoms with Crippen molar-refractivity contribution in [3.63, 3.8) is 0 Å². The van der Waals surface area contributed by atoms with Gasteiger partial charge in [-0.1, -0.05) is 55.9 Å². The molecule has 0 bridgehead atoms. The van der Waals surface area contributed by atoms with E-state index < -0.39 is 5.82 Å². The fraction of sp³-hybridized carbons (Fsp3) is 0.154. The maximum absolute atomic E-state index is 14.1. The van der Waals surface area contributed by atoms with Gasteiger partial charge in [0.15, 0.2) is 0 Å². The summed E-state index contributed by atoms with van der Waals surface area (Å²) in [5, 5.41) is 4.50. The molecule has 0 amide bonds. The van der Waals surface area contributed by atoms with Crippen molar-refractivity contribution in [2.75, 3.05) is 5.73 Å². The lowest BCUT2D eigenvalue weighted by Crippen LogP contribution is -1.98. The first-order chi connectivity index (χ1) is 15.9. The number of aromatic nitrogens is 2. The van der Waals surface area contributed by atoms with E-state index in [0.717, 1.165) is 5.56 Å². The first-order valence-corrected chi connectivity index (χ1v) is 10.5. The predicted octanol–water partition coefficient (Wildman–Crippen LogP) is 6.64. The normalized spacial score (nSPS) is 10.8. The molecule has 1 aromatic heterocycles. The lowest BCUT2D eigenvalue weighted by Gasteiger charge is -2.10. The van der Waals surface area contributed by atoms with Crippen LogP contribution in [0.15, 0.2) is 72.8 Å². The molecular formula is C26H23FN4O2. The van der Waals surface area contributed by atoms with Crippen molar-refractivity contribution in [3.05, 3.63) is 101 Å². The van der Waals surface area contributed by atoms with E-state index in [9.17, 15) is 4.39 Å². The third-order valence-electron chi connectivity index (χ3n) is 4.99. The number of halogens is 1. The Balaban J connectivity index is 1.51. The zero-order valence-corrected chi connectivity index (χ0v) is 18.3. The van der Waals surface area contributed by atoms with Crippen molar-refractivity contribution in [3.8, 4) is 22.9 Å². The van der Waals surface area contributed by atoms with Crippen molar-refractivity contribution in [1.29, 1.82) is 0 Å². The number of nitrogens with two attached hydrogens (primary N) is 1. The van der Waals surface area contributed by atoms with E-state index in [1.807, 2.05) is 44.2 Å². The van der Waals surface area contributed by atoms with E-state index in [4.69, 9.17) is 21.8 Å². The van der Waals surface area contributed by atoms with Crippen LogP contribution in [0.1, 0.15) is 31.0 Å². The molecule has 0 atom stereocenters. The van der Waals surface area contributed by atoms with Crippen LogP contribution in [0.25, 0.3) is 10.5 Å². The molecule has 7 heteroatoms. The summed E-state index contributed by atoms with van der Waals surface area (Å²) >= 11 is 0. The summed E-state index contributed by atoms with van der Waals surface area (Å²) in [7, 11) is 0.